The second-order valence-corrected chi connectivity index (χ2v) is 4.67. The lowest BCUT2D eigenvalue weighted by molar-refractivity contribution is -0.131. The fourth-order valence-electron chi connectivity index (χ4n) is 2.24. The maximum Gasteiger partial charge on any atom is 0.328 e. The molecule has 0 aromatic carbocycles. The molecule has 0 spiro atoms. The third kappa shape index (κ3) is 6.93. The number of nitrogens with one attached hydrogen (secondary N) is 2. The minimum Gasteiger partial charge on any atom is -0.478 e. The Morgan fingerprint density at radius 2 is 1.89 bits per heavy atom. The Kier molecular flexibility index (Phi) is 6.91. The predicted octanol–water partition coefficient (Wildman–Crippen LogP) is 1.90. The van der Waals surface area contributed by atoms with Crippen LogP contribution in [0.3, 0.4) is 0 Å². The first-order valence-electron chi connectivity index (χ1n) is 6.59. The Labute approximate surface area is 108 Å². The van der Waals surface area contributed by atoms with E-state index in [0.717, 1.165) is 18.4 Å². The SMILES string of the molecule is O=C(O)/C=C/CNC(=O)NCCC1CCCCC1. The van der Waals surface area contributed by atoms with Gasteiger partial charge in [0.15, 0.2) is 0 Å². The van der Waals surface area contributed by atoms with E-state index in [-0.39, 0.29) is 12.6 Å². The van der Waals surface area contributed by atoms with E-state index < -0.39 is 5.97 Å². The molecule has 5 nitrogen and oxygen atoms in total. The highest BCUT2D eigenvalue weighted by Gasteiger charge is 2.12. The maximum atomic E-state index is 11.3. The smallest absolute Gasteiger partial charge is 0.328 e. The standard InChI is InChI=1S/C13H22N2O3/c16-12(17)7-4-9-14-13(18)15-10-8-11-5-2-1-3-6-11/h4,7,11H,1-3,5-6,8-10H2,(H,16,17)(H2,14,15,18)/b7-4+. The van der Waals surface area contributed by atoms with E-state index >= 15 is 0 Å². The first kappa shape index (κ1) is 14.5. The van der Waals surface area contributed by atoms with Gasteiger partial charge in [-0.05, 0) is 12.3 Å². The van der Waals surface area contributed by atoms with Crippen molar-refractivity contribution in [2.75, 3.05) is 13.1 Å². The topological polar surface area (TPSA) is 78.4 Å². The number of amides is 2. The lowest BCUT2D eigenvalue weighted by atomic mass is 9.87. The molecule has 1 fully saturated rings. The maximum absolute atomic E-state index is 11.3. The molecule has 18 heavy (non-hydrogen) atoms. The molecule has 0 radical (unpaired) electrons. The van der Waals surface area contributed by atoms with Crippen LogP contribution in [0.1, 0.15) is 38.5 Å². The largest absolute Gasteiger partial charge is 0.478 e. The van der Waals surface area contributed by atoms with Crippen molar-refractivity contribution in [1.82, 2.24) is 10.6 Å². The van der Waals surface area contributed by atoms with Crippen LogP contribution in [-0.4, -0.2) is 30.2 Å². The first-order valence-corrected chi connectivity index (χ1v) is 6.59. The van der Waals surface area contributed by atoms with Gasteiger partial charge in [-0.1, -0.05) is 38.2 Å². The monoisotopic (exact) mass is 254 g/mol. The van der Waals surface area contributed by atoms with Gasteiger partial charge in [-0.15, -0.1) is 0 Å². The minimum absolute atomic E-state index is 0.235. The average Bonchev–Trinajstić information content (AvgIpc) is 2.36. The van der Waals surface area contributed by atoms with Crippen molar-refractivity contribution in [2.45, 2.75) is 38.5 Å². The summed E-state index contributed by atoms with van der Waals surface area (Å²) in [6, 6.07) is -0.235. The van der Waals surface area contributed by atoms with E-state index in [1.165, 1.54) is 38.2 Å². The van der Waals surface area contributed by atoms with Crippen LogP contribution in [0.5, 0.6) is 0 Å². The van der Waals surface area contributed by atoms with Gasteiger partial charge in [0.25, 0.3) is 0 Å². The van der Waals surface area contributed by atoms with Crippen molar-refractivity contribution in [3.8, 4) is 0 Å². The second-order valence-electron chi connectivity index (χ2n) is 4.67. The van der Waals surface area contributed by atoms with Gasteiger partial charge in [0.05, 0.1) is 0 Å². The highest BCUT2D eigenvalue weighted by molar-refractivity contribution is 5.80. The Morgan fingerprint density at radius 1 is 1.17 bits per heavy atom. The van der Waals surface area contributed by atoms with Crippen molar-refractivity contribution in [1.29, 1.82) is 0 Å². The van der Waals surface area contributed by atoms with Gasteiger partial charge in [-0.25, -0.2) is 9.59 Å². The van der Waals surface area contributed by atoms with Crippen molar-refractivity contribution in [3.05, 3.63) is 12.2 Å². The molecule has 1 rings (SSSR count). The van der Waals surface area contributed by atoms with Crippen LogP contribution < -0.4 is 10.6 Å². The van der Waals surface area contributed by atoms with Crippen molar-refractivity contribution >= 4 is 12.0 Å². The molecule has 3 N–H and O–H groups in total. The summed E-state index contributed by atoms with van der Waals surface area (Å²) in [7, 11) is 0. The molecule has 0 atom stereocenters. The Hall–Kier alpha value is -1.52. The normalized spacial score (nSPS) is 16.7. The molecule has 1 aliphatic rings. The van der Waals surface area contributed by atoms with E-state index in [2.05, 4.69) is 10.6 Å². The number of hydrogen-bond acceptors (Lipinski definition) is 2. The van der Waals surface area contributed by atoms with Crippen molar-refractivity contribution < 1.29 is 14.7 Å². The zero-order valence-electron chi connectivity index (χ0n) is 10.7. The number of carboxylic acid groups (broad SMARTS) is 1. The van der Waals surface area contributed by atoms with Crippen LogP contribution in [0, 0.1) is 5.92 Å². The third-order valence-electron chi connectivity index (χ3n) is 3.20. The molecule has 0 saturated heterocycles. The molecule has 0 bridgehead atoms. The quantitative estimate of drug-likeness (QED) is 0.633. The fourth-order valence-corrected chi connectivity index (χ4v) is 2.24. The first-order chi connectivity index (χ1) is 8.68. The van der Waals surface area contributed by atoms with E-state index in [1.807, 2.05) is 0 Å². The van der Waals surface area contributed by atoms with E-state index in [9.17, 15) is 9.59 Å². The number of aliphatic carboxylic acids is 1. The summed E-state index contributed by atoms with van der Waals surface area (Å²) in [6.07, 6.45) is 10.0. The highest BCUT2D eigenvalue weighted by Crippen LogP contribution is 2.25. The molecular weight excluding hydrogens is 232 g/mol. The zero-order chi connectivity index (χ0) is 13.2. The van der Waals surface area contributed by atoms with Gasteiger partial charge in [0.2, 0.25) is 0 Å². The van der Waals surface area contributed by atoms with Crippen LogP contribution in [0.4, 0.5) is 4.79 Å². The summed E-state index contributed by atoms with van der Waals surface area (Å²) in [5.74, 6) is -0.250. The fraction of sp³-hybridized carbons (Fsp3) is 0.692. The molecule has 5 heteroatoms. The van der Waals surface area contributed by atoms with Crippen molar-refractivity contribution in [3.63, 3.8) is 0 Å². The van der Waals surface area contributed by atoms with Gasteiger partial charge in [0.1, 0.15) is 0 Å². The molecule has 0 aromatic rings. The number of carbonyl (C=O) groups is 2. The van der Waals surface area contributed by atoms with Crippen LogP contribution in [0.2, 0.25) is 0 Å². The molecular formula is C13H22N2O3. The molecule has 0 unspecified atom stereocenters. The summed E-state index contributed by atoms with van der Waals surface area (Å²) >= 11 is 0. The summed E-state index contributed by atoms with van der Waals surface area (Å²) in [6.45, 7) is 0.931. The Bertz CT molecular complexity index is 297. The summed E-state index contributed by atoms with van der Waals surface area (Å²) in [5.41, 5.74) is 0. The summed E-state index contributed by atoms with van der Waals surface area (Å²) < 4.78 is 0. The number of carboxylic acids is 1. The lowest BCUT2D eigenvalue weighted by Crippen LogP contribution is -2.36. The summed E-state index contributed by atoms with van der Waals surface area (Å²) in [4.78, 5) is 21.5. The van der Waals surface area contributed by atoms with Crippen LogP contribution in [0.25, 0.3) is 0 Å². The number of rotatable bonds is 6. The van der Waals surface area contributed by atoms with E-state index in [0.29, 0.717) is 6.54 Å². The van der Waals surface area contributed by atoms with Gasteiger partial charge < -0.3 is 15.7 Å². The number of hydrogen-bond donors (Lipinski definition) is 3. The van der Waals surface area contributed by atoms with E-state index in [4.69, 9.17) is 5.11 Å². The van der Waals surface area contributed by atoms with Gasteiger partial charge in [-0.3, -0.25) is 0 Å². The Balaban J connectivity index is 2.00. The number of carbonyl (C=O) groups excluding carboxylic acids is 1. The summed E-state index contributed by atoms with van der Waals surface area (Å²) in [5, 5.41) is 13.7. The van der Waals surface area contributed by atoms with Crippen LogP contribution in [-0.2, 0) is 4.79 Å². The van der Waals surface area contributed by atoms with E-state index in [1.54, 1.807) is 0 Å². The van der Waals surface area contributed by atoms with Gasteiger partial charge in [-0.2, -0.15) is 0 Å². The lowest BCUT2D eigenvalue weighted by Gasteiger charge is -2.21. The number of urea groups is 1. The predicted molar refractivity (Wildman–Crippen MR) is 69.4 cm³/mol. The molecule has 1 aliphatic carbocycles. The second kappa shape index (κ2) is 8.55. The molecule has 2 amide bonds. The van der Waals surface area contributed by atoms with Crippen LogP contribution >= 0.6 is 0 Å². The molecule has 0 aliphatic heterocycles. The molecule has 1 saturated carbocycles. The highest BCUT2D eigenvalue weighted by atomic mass is 16.4. The molecule has 0 heterocycles. The third-order valence-corrected chi connectivity index (χ3v) is 3.20. The Morgan fingerprint density at radius 3 is 2.56 bits per heavy atom. The van der Waals surface area contributed by atoms with Crippen LogP contribution in [0.15, 0.2) is 12.2 Å². The van der Waals surface area contributed by atoms with Gasteiger partial charge in [0, 0.05) is 19.2 Å². The van der Waals surface area contributed by atoms with Gasteiger partial charge >= 0.3 is 12.0 Å². The molecule has 102 valence electrons. The molecule has 0 aromatic heterocycles. The zero-order valence-corrected chi connectivity index (χ0v) is 10.7. The minimum atomic E-state index is -1.01. The average molecular weight is 254 g/mol. The van der Waals surface area contributed by atoms with Crippen molar-refractivity contribution in [2.24, 2.45) is 5.92 Å².